The molecule has 0 aromatic rings. The quantitative estimate of drug-likeness (QED) is 0.423. The molecule has 0 radical (unpaired) electrons. The van der Waals surface area contributed by atoms with Gasteiger partial charge in [0.1, 0.15) is 5.60 Å². The van der Waals surface area contributed by atoms with Crippen LogP contribution in [0, 0.1) is 11.8 Å². The molecule has 0 bridgehead atoms. The maximum Gasteiger partial charge on any atom is 0.196 e. The first-order chi connectivity index (χ1) is 6.57. The van der Waals surface area contributed by atoms with Gasteiger partial charge in [-0.15, -0.1) is 0 Å². The van der Waals surface area contributed by atoms with Crippen LogP contribution in [0.15, 0.2) is 0 Å². The molecule has 0 saturated carbocycles. The van der Waals surface area contributed by atoms with Crippen LogP contribution in [-0.4, -0.2) is 16.5 Å². The van der Waals surface area contributed by atoms with Gasteiger partial charge >= 0.3 is 0 Å². The Morgan fingerprint density at radius 1 is 1.00 bits per heavy atom. The van der Waals surface area contributed by atoms with Gasteiger partial charge in [0.25, 0.3) is 0 Å². The Morgan fingerprint density at radius 2 is 1.47 bits per heavy atom. The molecule has 1 atom stereocenters. The van der Waals surface area contributed by atoms with Gasteiger partial charge < -0.3 is 5.11 Å². The highest BCUT2D eigenvalue weighted by atomic mass is 17.2. The predicted octanol–water partition coefficient (Wildman–Crippen LogP) is 3.12. The first-order valence-corrected chi connectivity index (χ1v) is 5.66. The Kier molecular flexibility index (Phi) is 5.24. The Balaban J connectivity index is 4.14. The second-order valence-corrected chi connectivity index (χ2v) is 5.70. The van der Waals surface area contributed by atoms with Gasteiger partial charge in [-0.1, -0.05) is 27.7 Å². The molecule has 0 aromatic carbocycles. The highest BCUT2D eigenvalue weighted by Gasteiger charge is 2.30. The van der Waals surface area contributed by atoms with Crippen molar-refractivity contribution in [2.45, 2.75) is 66.3 Å². The van der Waals surface area contributed by atoms with E-state index in [0.717, 1.165) is 0 Å². The standard InChI is InChI=1S/C12H26O3/c1-9(2)8-12(7,13)15-14-11(5,6)10(3)4/h9-10,13H,8H2,1-7H3. The normalized spacial score (nSPS) is 17.2. The minimum Gasteiger partial charge on any atom is -0.363 e. The summed E-state index contributed by atoms with van der Waals surface area (Å²) in [6, 6.07) is 0. The lowest BCUT2D eigenvalue weighted by molar-refractivity contribution is -0.457. The molecule has 15 heavy (non-hydrogen) atoms. The van der Waals surface area contributed by atoms with E-state index in [4.69, 9.17) is 9.78 Å². The lowest BCUT2D eigenvalue weighted by Crippen LogP contribution is -2.38. The molecule has 0 fully saturated rings. The third-order valence-electron chi connectivity index (χ3n) is 2.61. The van der Waals surface area contributed by atoms with E-state index in [0.29, 0.717) is 18.3 Å². The van der Waals surface area contributed by atoms with E-state index in [1.807, 2.05) is 27.7 Å². The van der Waals surface area contributed by atoms with Crippen LogP contribution >= 0.6 is 0 Å². The molecule has 3 heteroatoms. The second-order valence-electron chi connectivity index (χ2n) is 5.70. The molecule has 92 valence electrons. The van der Waals surface area contributed by atoms with Crippen LogP contribution in [0.2, 0.25) is 0 Å². The van der Waals surface area contributed by atoms with Crippen LogP contribution < -0.4 is 0 Å². The van der Waals surface area contributed by atoms with Crippen molar-refractivity contribution >= 4 is 0 Å². The molecular weight excluding hydrogens is 192 g/mol. The van der Waals surface area contributed by atoms with E-state index in [1.165, 1.54) is 0 Å². The van der Waals surface area contributed by atoms with Crippen molar-refractivity contribution < 1.29 is 14.9 Å². The first-order valence-electron chi connectivity index (χ1n) is 5.66. The maximum atomic E-state index is 9.88. The zero-order chi connectivity index (χ0) is 12.3. The highest BCUT2D eigenvalue weighted by Crippen LogP contribution is 2.25. The molecule has 0 aromatic heterocycles. The zero-order valence-electron chi connectivity index (χ0n) is 11.1. The molecule has 3 nitrogen and oxygen atoms in total. The SMILES string of the molecule is CC(C)CC(C)(O)OOC(C)(C)C(C)C. The summed E-state index contributed by atoms with van der Waals surface area (Å²) in [5, 5.41) is 9.88. The minimum atomic E-state index is -1.21. The summed E-state index contributed by atoms with van der Waals surface area (Å²) in [6.45, 7) is 13.7. The van der Waals surface area contributed by atoms with Crippen molar-refractivity contribution in [3.63, 3.8) is 0 Å². The number of rotatable bonds is 6. The summed E-state index contributed by atoms with van der Waals surface area (Å²) in [6.07, 6.45) is 0.557. The van der Waals surface area contributed by atoms with Crippen LogP contribution in [0.5, 0.6) is 0 Å². The summed E-state index contributed by atoms with van der Waals surface area (Å²) in [7, 11) is 0. The molecule has 0 amide bonds. The van der Waals surface area contributed by atoms with Gasteiger partial charge in [0.15, 0.2) is 5.79 Å². The Morgan fingerprint density at radius 3 is 1.80 bits per heavy atom. The monoisotopic (exact) mass is 218 g/mol. The summed E-state index contributed by atoms with van der Waals surface area (Å²) in [5.41, 5.74) is -0.388. The fraction of sp³-hybridized carbons (Fsp3) is 1.00. The average Bonchev–Trinajstić information content (AvgIpc) is 1.98. The molecule has 0 rings (SSSR count). The van der Waals surface area contributed by atoms with Gasteiger partial charge in [-0.05, 0) is 32.6 Å². The van der Waals surface area contributed by atoms with Crippen molar-refractivity contribution in [3.05, 3.63) is 0 Å². The van der Waals surface area contributed by atoms with E-state index < -0.39 is 5.79 Å². The van der Waals surface area contributed by atoms with E-state index in [2.05, 4.69) is 13.8 Å². The van der Waals surface area contributed by atoms with Crippen molar-refractivity contribution in [1.29, 1.82) is 0 Å². The lowest BCUT2D eigenvalue weighted by Gasteiger charge is -2.32. The van der Waals surface area contributed by atoms with E-state index in [1.54, 1.807) is 6.92 Å². The molecule has 0 saturated heterocycles. The lowest BCUT2D eigenvalue weighted by atomic mass is 9.95. The molecule has 0 aliphatic rings. The maximum absolute atomic E-state index is 9.88. The Bertz CT molecular complexity index is 183. The largest absolute Gasteiger partial charge is 0.363 e. The van der Waals surface area contributed by atoms with Gasteiger partial charge in [-0.3, -0.25) is 0 Å². The van der Waals surface area contributed by atoms with Crippen molar-refractivity contribution in [2.24, 2.45) is 11.8 Å². The molecule has 1 N–H and O–H groups in total. The van der Waals surface area contributed by atoms with Crippen molar-refractivity contribution in [2.75, 3.05) is 0 Å². The van der Waals surface area contributed by atoms with Gasteiger partial charge in [0.2, 0.25) is 0 Å². The van der Waals surface area contributed by atoms with Crippen LogP contribution in [0.1, 0.15) is 54.9 Å². The topological polar surface area (TPSA) is 38.7 Å². The van der Waals surface area contributed by atoms with Gasteiger partial charge in [0, 0.05) is 6.42 Å². The Labute approximate surface area is 93.7 Å². The predicted molar refractivity (Wildman–Crippen MR) is 61.2 cm³/mol. The minimum absolute atomic E-state index is 0.326. The summed E-state index contributed by atoms with van der Waals surface area (Å²) < 4.78 is 0. The van der Waals surface area contributed by atoms with Crippen molar-refractivity contribution in [1.82, 2.24) is 0 Å². The van der Waals surface area contributed by atoms with Gasteiger partial charge in [0.05, 0.1) is 0 Å². The zero-order valence-corrected chi connectivity index (χ0v) is 11.1. The third-order valence-corrected chi connectivity index (χ3v) is 2.61. The Hall–Kier alpha value is -0.120. The van der Waals surface area contributed by atoms with Crippen molar-refractivity contribution in [3.8, 4) is 0 Å². The molecule has 0 aliphatic carbocycles. The smallest absolute Gasteiger partial charge is 0.196 e. The first kappa shape index (κ1) is 14.9. The van der Waals surface area contributed by atoms with E-state index in [-0.39, 0.29) is 5.60 Å². The number of aliphatic hydroxyl groups is 1. The average molecular weight is 218 g/mol. The summed E-state index contributed by atoms with van der Waals surface area (Å²) >= 11 is 0. The highest BCUT2D eigenvalue weighted by molar-refractivity contribution is 4.71. The molecule has 0 spiro atoms. The summed E-state index contributed by atoms with van der Waals surface area (Å²) in [5.74, 6) is -0.515. The molecule has 0 aliphatic heterocycles. The van der Waals surface area contributed by atoms with Crippen LogP contribution in [0.25, 0.3) is 0 Å². The van der Waals surface area contributed by atoms with Gasteiger partial charge in [-0.25, -0.2) is 9.78 Å². The van der Waals surface area contributed by atoms with Crippen LogP contribution in [0.4, 0.5) is 0 Å². The summed E-state index contributed by atoms with van der Waals surface area (Å²) in [4.78, 5) is 10.4. The molecular formula is C12H26O3. The molecule has 1 unspecified atom stereocenters. The van der Waals surface area contributed by atoms with Crippen LogP contribution in [-0.2, 0) is 9.78 Å². The fourth-order valence-corrected chi connectivity index (χ4v) is 1.08. The fourth-order valence-electron chi connectivity index (χ4n) is 1.08. The van der Waals surface area contributed by atoms with Gasteiger partial charge in [-0.2, -0.15) is 0 Å². The number of hydrogen-bond donors (Lipinski definition) is 1. The van der Waals surface area contributed by atoms with E-state index in [9.17, 15) is 5.11 Å². The number of hydrogen-bond acceptors (Lipinski definition) is 3. The second kappa shape index (κ2) is 5.28. The van der Waals surface area contributed by atoms with E-state index >= 15 is 0 Å². The molecule has 0 heterocycles. The third kappa shape index (κ3) is 6.13. The van der Waals surface area contributed by atoms with Crippen LogP contribution in [0.3, 0.4) is 0 Å².